The van der Waals surface area contributed by atoms with Crippen molar-refractivity contribution in [3.05, 3.63) is 29.8 Å². The molecule has 0 aliphatic rings. The number of benzene rings is 1. The lowest BCUT2D eigenvalue weighted by Crippen LogP contribution is -2.36. The van der Waals surface area contributed by atoms with Gasteiger partial charge in [-0.15, -0.1) is 0 Å². The summed E-state index contributed by atoms with van der Waals surface area (Å²) in [5.74, 6) is -1.89. The van der Waals surface area contributed by atoms with Crippen LogP contribution in [-0.4, -0.2) is 31.1 Å². The summed E-state index contributed by atoms with van der Waals surface area (Å²) in [5, 5.41) is 0.422. The van der Waals surface area contributed by atoms with Gasteiger partial charge in [0.1, 0.15) is 16.5 Å². The van der Waals surface area contributed by atoms with Gasteiger partial charge in [0.15, 0.2) is 0 Å². The monoisotopic (exact) mass is 327 g/mol. The average molecular weight is 328 g/mol. The number of halogens is 3. The van der Waals surface area contributed by atoms with Crippen LogP contribution in [0.15, 0.2) is 23.1 Å². The molecule has 0 aliphatic carbocycles. The van der Waals surface area contributed by atoms with Crippen molar-refractivity contribution in [3.63, 3.8) is 0 Å². The maximum atomic E-state index is 13.4. The zero-order valence-electron chi connectivity index (χ0n) is 9.32. The first-order valence-corrected chi connectivity index (χ1v) is 7.36. The van der Waals surface area contributed by atoms with Crippen LogP contribution in [0.2, 0.25) is 0 Å². The minimum atomic E-state index is -3.94. The minimum absolute atomic E-state index is 0.329. The average Bonchev–Trinajstić information content (AvgIpc) is 2.26. The molecule has 0 amide bonds. The van der Waals surface area contributed by atoms with Crippen LogP contribution in [0.3, 0.4) is 0 Å². The Kier molecular flexibility index (Phi) is 4.62. The highest BCUT2D eigenvalue weighted by atomic mass is 79.9. The Morgan fingerprint density at radius 3 is 2.47 bits per heavy atom. The summed E-state index contributed by atoms with van der Waals surface area (Å²) in [6.45, 7) is 1.67. The molecule has 0 radical (unpaired) electrons. The van der Waals surface area contributed by atoms with E-state index in [1.54, 1.807) is 6.92 Å². The maximum Gasteiger partial charge on any atom is 0.246 e. The van der Waals surface area contributed by atoms with Crippen LogP contribution in [0.25, 0.3) is 0 Å². The molecule has 0 N–H and O–H groups in total. The summed E-state index contributed by atoms with van der Waals surface area (Å²) >= 11 is 3.15. The number of alkyl halides is 1. The number of rotatable bonds is 4. The summed E-state index contributed by atoms with van der Waals surface area (Å²) in [7, 11) is -2.58. The molecule has 0 fully saturated rings. The lowest BCUT2D eigenvalue weighted by Gasteiger charge is -2.22. The van der Waals surface area contributed by atoms with E-state index in [1.165, 1.54) is 7.05 Å². The topological polar surface area (TPSA) is 37.4 Å². The van der Waals surface area contributed by atoms with Crippen LogP contribution in [0.5, 0.6) is 0 Å². The number of hydrogen-bond acceptors (Lipinski definition) is 2. The van der Waals surface area contributed by atoms with Gasteiger partial charge in [-0.2, -0.15) is 4.31 Å². The first kappa shape index (κ1) is 14.5. The minimum Gasteiger partial charge on any atom is -0.207 e. The van der Waals surface area contributed by atoms with Crippen LogP contribution < -0.4 is 0 Å². The Morgan fingerprint density at radius 2 is 2.00 bits per heavy atom. The molecule has 1 aromatic carbocycles. The van der Waals surface area contributed by atoms with Gasteiger partial charge in [-0.25, -0.2) is 17.2 Å². The SMILES string of the molecule is CC(CBr)N(C)S(=O)(=O)c1ccc(F)cc1F. The van der Waals surface area contributed by atoms with Crippen LogP contribution in [0, 0.1) is 11.6 Å². The molecular formula is C10H12BrF2NO2S. The van der Waals surface area contributed by atoms with E-state index in [9.17, 15) is 17.2 Å². The lowest BCUT2D eigenvalue weighted by molar-refractivity contribution is 0.412. The van der Waals surface area contributed by atoms with Crippen molar-refractivity contribution >= 4 is 26.0 Å². The second-order valence-corrected chi connectivity index (χ2v) is 6.21. The van der Waals surface area contributed by atoms with E-state index in [4.69, 9.17) is 0 Å². The number of nitrogens with zero attached hydrogens (tertiary/aromatic N) is 1. The van der Waals surface area contributed by atoms with Crippen molar-refractivity contribution in [2.24, 2.45) is 0 Å². The van der Waals surface area contributed by atoms with Crippen molar-refractivity contribution in [2.75, 3.05) is 12.4 Å². The van der Waals surface area contributed by atoms with Gasteiger partial charge in [0, 0.05) is 24.5 Å². The number of sulfonamides is 1. The molecule has 17 heavy (non-hydrogen) atoms. The molecule has 1 unspecified atom stereocenters. The van der Waals surface area contributed by atoms with Crippen LogP contribution >= 0.6 is 15.9 Å². The fourth-order valence-electron chi connectivity index (χ4n) is 1.17. The van der Waals surface area contributed by atoms with E-state index in [2.05, 4.69) is 15.9 Å². The molecule has 0 spiro atoms. The van der Waals surface area contributed by atoms with Gasteiger partial charge in [0.05, 0.1) is 0 Å². The smallest absolute Gasteiger partial charge is 0.207 e. The highest BCUT2D eigenvalue weighted by Crippen LogP contribution is 2.21. The Morgan fingerprint density at radius 1 is 1.41 bits per heavy atom. The Labute approximate surface area is 108 Å². The van der Waals surface area contributed by atoms with E-state index in [-0.39, 0.29) is 6.04 Å². The van der Waals surface area contributed by atoms with Gasteiger partial charge in [0.25, 0.3) is 0 Å². The van der Waals surface area contributed by atoms with Crippen molar-refractivity contribution in [2.45, 2.75) is 17.9 Å². The number of hydrogen-bond donors (Lipinski definition) is 0. The highest BCUT2D eigenvalue weighted by molar-refractivity contribution is 9.09. The van der Waals surface area contributed by atoms with E-state index in [0.29, 0.717) is 11.4 Å². The third-order valence-electron chi connectivity index (χ3n) is 2.39. The zero-order valence-corrected chi connectivity index (χ0v) is 11.7. The quantitative estimate of drug-likeness (QED) is 0.796. The van der Waals surface area contributed by atoms with Crippen molar-refractivity contribution < 1.29 is 17.2 Å². The molecule has 0 saturated heterocycles. The van der Waals surface area contributed by atoms with Crippen molar-refractivity contribution in [1.82, 2.24) is 4.31 Å². The molecule has 0 aliphatic heterocycles. The second-order valence-electron chi connectivity index (χ2n) is 3.60. The van der Waals surface area contributed by atoms with Crippen LogP contribution in [0.4, 0.5) is 8.78 Å². The van der Waals surface area contributed by atoms with Crippen molar-refractivity contribution in [3.8, 4) is 0 Å². The Bertz CT molecular complexity index is 507. The van der Waals surface area contributed by atoms with Gasteiger partial charge in [-0.05, 0) is 19.1 Å². The van der Waals surface area contributed by atoms with Crippen LogP contribution in [0.1, 0.15) is 6.92 Å². The second kappa shape index (κ2) is 5.41. The molecule has 0 saturated carbocycles. The molecule has 96 valence electrons. The Hall–Kier alpha value is -0.530. The molecule has 1 aromatic rings. The van der Waals surface area contributed by atoms with E-state index in [1.807, 2.05) is 0 Å². The predicted octanol–water partition coefficient (Wildman–Crippen LogP) is 2.37. The first-order valence-electron chi connectivity index (χ1n) is 4.79. The molecule has 0 heterocycles. The van der Waals surface area contributed by atoms with Gasteiger partial charge < -0.3 is 0 Å². The fraction of sp³-hybridized carbons (Fsp3) is 0.400. The van der Waals surface area contributed by atoms with Crippen LogP contribution in [-0.2, 0) is 10.0 Å². The van der Waals surface area contributed by atoms with Gasteiger partial charge >= 0.3 is 0 Å². The van der Waals surface area contributed by atoms with Gasteiger partial charge in [-0.1, -0.05) is 15.9 Å². The molecule has 0 bridgehead atoms. The summed E-state index contributed by atoms with van der Waals surface area (Å²) < 4.78 is 51.2. The summed E-state index contributed by atoms with van der Waals surface area (Å²) in [6, 6.07) is 2.07. The summed E-state index contributed by atoms with van der Waals surface area (Å²) in [4.78, 5) is -0.519. The highest BCUT2D eigenvalue weighted by Gasteiger charge is 2.27. The summed E-state index contributed by atoms with van der Waals surface area (Å²) in [6.07, 6.45) is 0. The predicted molar refractivity (Wildman–Crippen MR) is 64.6 cm³/mol. The van der Waals surface area contributed by atoms with Crippen molar-refractivity contribution in [1.29, 1.82) is 0 Å². The standard InChI is InChI=1S/C10H12BrF2NO2S/c1-7(6-11)14(2)17(15,16)10-4-3-8(12)5-9(10)13/h3-5,7H,6H2,1-2H3. The first-order chi connectivity index (χ1) is 7.80. The maximum absolute atomic E-state index is 13.4. The van der Waals surface area contributed by atoms with E-state index in [0.717, 1.165) is 16.4 Å². The third kappa shape index (κ3) is 3.02. The van der Waals surface area contributed by atoms with E-state index >= 15 is 0 Å². The molecule has 3 nitrogen and oxygen atoms in total. The lowest BCUT2D eigenvalue weighted by atomic mass is 10.3. The largest absolute Gasteiger partial charge is 0.246 e. The normalized spacial score (nSPS) is 14.0. The molecular weight excluding hydrogens is 316 g/mol. The molecule has 1 atom stereocenters. The van der Waals surface area contributed by atoms with E-state index < -0.39 is 26.6 Å². The molecule has 0 aromatic heterocycles. The van der Waals surface area contributed by atoms with Gasteiger partial charge in [0.2, 0.25) is 10.0 Å². The molecule has 1 rings (SSSR count). The molecule has 7 heteroatoms. The third-order valence-corrected chi connectivity index (χ3v) is 5.34. The van der Waals surface area contributed by atoms with Gasteiger partial charge in [-0.3, -0.25) is 0 Å². The fourth-order valence-corrected chi connectivity index (χ4v) is 3.20. The summed E-state index contributed by atoms with van der Waals surface area (Å²) in [5.41, 5.74) is 0. The zero-order chi connectivity index (χ0) is 13.2. The Balaban J connectivity index is 3.22.